The molecule has 0 aliphatic rings. The molecule has 18 heavy (non-hydrogen) atoms. The number of hydrogen-bond acceptors (Lipinski definition) is 3. The van der Waals surface area contributed by atoms with Crippen molar-refractivity contribution >= 4 is 38.8 Å². The summed E-state index contributed by atoms with van der Waals surface area (Å²) in [7, 11) is 2.12. The maximum atomic E-state index is 5.61. The normalized spacial score (nSPS) is 11.0. The van der Waals surface area contributed by atoms with E-state index in [1.54, 1.807) is 0 Å². The Balaban J connectivity index is 2.54. The summed E-state index contributed by atoms with van der Waals surface area (Å²) in [6.45, 7) is 6.29. The van der Waals surface area contributed by atoms with Gasteiger partial charge in [0.15, 0.2) is 0 Å². The number of halogens is 1. The van der Waals surface area contributed by atoms with Gasteiger partial charge in [0.2, 0.25) is 0 Å². The molecule has 0 fully saturated rings. The predicted octanol–water partition coefficient (Wildman–Crippen LogP) is 2.84. The molecule has 5 heteroatoms. The van der Waals surface area contributed by atoms with E-state index in [0.29, 0.717) is 11.0 Å². The Labute approximate surface area is 123 Å². The van der Waals surface area contributed by atoms with E-state index in [1.807, 2.05) is 18.2 Å². The number of thiocarbonyl (C=S) groups is 1. The molecule has 0 aliphatic carbocycles. The summed E-state index contributed by atoms with van der Waals surface area (Å²) in [5, 5.41) is 3.38. The first-order chi connectivity index (χ1) is 8.41. The molecule has 0 aliphatic heterocycles. The number of nitrogens with two attached hydrogens (primary N) is 1. The van der Waals surface area contributed by atoms with Gasteiger partial charge in [0.1, 0.15) is 4.99 Å². The minimum atomic E-state index is 0.410. The Kier molecular flexibility index (Phi) is 6.05. The molecule has 1 rings (SSSR count). The average Bonchev–Trinajstić information content (AvgIpc) is 2.28. The lowest BCUT2D eigenvalue weighted by molar-refractivity contribution is 0.284. The third-order valence-corrected chi connectivity index (χ3v) is 3.79. The zero-order valence-corrected chi connectivity index (χ0v) is 13.4. The molecule has 0 atom stereocenters. The molecule has 1 aromatic rings. The van der Waals surface area contributed by atoms with E-state index in [0.717, 1.165) is 28.8 Å². The molecule has 0 heterocycles. The molecule has 0 unspecified atom stereocenters. The number of benzene rings is 1. The molecule has 100 valence electrons. The van der Waals surface area contributed by atoms with Gasteiger partial charge >= 0.3 is 0 Å². The standard InChI is InChI=1S/C13H20BrN3S/c1-9(2)17(3)7-6-16-10-4-5-11(13(15)18)12(14)8-10/h4-5,8-9,16H,6-7H2,1-3H3,(H2,15,18). The zero-order chi connectivity index (χ0) is 13.7. The predicted molar refractivity (Wildman–Crippen MR) is 86.3 cm³/mol. The summed E-state index contributed by atoms with van der Waals surface area (Å²) in [5.74, 6) is 0. The smallest absolute Gasteiger partial charge is 0.105 e. The Bertz CT molecular complexity index is 421. The first kappa shape index (κ1) is 15.4. The van der Waals surface area contributed by atoms with Gasteiger partial charge in [-0.3, -0.25) is 0 Å². The number of rotatable bonds is 6. The van der Waals surface area contributed by atoms with Crippen LogP contribution in [0.2, 0.25) is 0 Å². The molecule has 0 aromatic heterocycles. The third-order valence-electron chi connectivity index (χ3n) is 2.91. The van der Waals surface area contributed by atoms with Gasteiger partial charge in [-0.1, -0.05) is 12.2 Å². The van der Waals surface area contributed by atoms with Gasteiger partial charge in [-0.05, 0) is 55.0 Å². The fourth-order valence-corrected chi connectivity index (χ4v) is 2.36. The van der Waals surface area contributed by atoms with Crippen LogP contribution in [-0.2, 0) is 0 Å². The zero-order valence-electron chi connectivity index (χ0n) is 11.0. The number of anilines is 1. The van der Waals surface area contributed by atoms with Gasteiger partial charge in [-0.25, -0.2) is 0 Å². The Hall–Kier alpha value is -0.650. The van der Waals surface area contributed by atoms with E-state index >= 15 is 0 Å². The summed E-state index contributed by atoms with van der Waals surface area (Å²) in [5.41, 5.74) is 7.55. The molecule has 0 amide bonds. The average molecular weight is 330 g/mol. The lowest BCUT2D eigenvalue weighted by Crippen LogP contribution is -2.31. The van der Waals surface area contributed by atoms with Crippen LogP contribution in [0.15, 0.2) is 22.7 Å². The summed E-state index contributed by atoms with van der Waals surface area (Å²) in [4.78, 5) is 2.71. The van der Waals surface area contributed by atoms with Crippen molar-refractivity contribution in [2.24, 2.45) is 5.73 Å². The van der Waals surface area contributed by atoms with Crippen LogP contribution in [0.3, 0.4) is 0 Å². The second kappa shape index (κ2) is 7.07. The Morgan fingerprint density at radius 3 is 2.67 bits per heavy atom. The molecule has 0 saturated carbocycles. The van der Waals surface area contributed by atoms with Crippen LogP contribution in [0.5, 0.6) is 0 Å². The molecule has 0 bridgehead atoms. The van der Waals surface area contributed by atoms with Crippen LogP contribution in [0.1, 0.15) is 19.4 Å². The second-order valence-electron chi connectivity index (χ2n) is 4.56. The van der Waals surface area contributed by atoms with E-state index in [2.05, 4.69) is 47.0 Å². The van der Waals surface area contributed by atoms with Crippen LogP contribution < -0.4 is 11.1 Å². The molecule has 0 spiro atoms. The van der Waals surface area contributed by atoms with Gasteiger partial charge in [-0.2, -0.15) is 0 Å². The maximum absolute atomic E-state index is 5.61. The number of nitrogens with zero attached hydrogens (tertiary/aromatic N) is 1. The highest BCUT2D eigenvalue weighted by molar-refractivity contribution is 9.10. The number of hydrogen-bond donors (Lipinski definition) is 2. The van der Waals surface area contributed by atoms with Gasteiger partial charge in [0.25, 0.3) is 0 Å². The van der Waals surface area contributed by atoms with Crippen molar-refractivity contribution in [3.63, 3.8) is 0 Å². The molecule has 0 radical (unpaired) electrons. The molecular weight excluding hydrogens is 310 g/mol. The summed E-state index contributed by atoms with van der Waals surface area (Å²) < 4.78 is 0.928. The molecule has 3 N–H and O–H groups in total. The van der Waals surface area contributed by atoms with Crippen molar-refractivity contribution in [3.8, 4) is 0 Å². The third kappa shape index (κ3) is 4.55. The fraction of sp³-hybridized carbons (Fsp3) is 0.462. The van der Waals surface area contributed by atoms with E-state index < -0.39 is 0 Å². The second-order valence-corrected chi connectivity index (χ2v) is 5.85. The minimum absolute atomic E-state index is 0.410. The monoisotopic (exact) mass is 329 g/mol. The van der Waals surface area contributed by atoms with E-state index in [9.17, 15) is 0 Å². The highest BCUT2D eigenvalue weighted by Gasteiger charge is 2.05. The molecule has 0 saturated heterocycles. The SMILES string of the molecule is CC(C)N(C)CCNc1ccc(C(N)=S)c(Br)c1. The van der Waals surface area contributed by atoms with Crippen molar-refractivity contribution < 1.29 is 0 Å². The lowest BCUT2D eigenvalue weighted by Gasteiger charge is -2.21. The molecule has 3 nitrogen and oxygen atoms in total. The maximum Gasteiger partial charge on any atom is 0.105 e. The summed E-state index contributed by atoms with van der Waals surface area (Å²) in [6, 6.07) is 6.50. The Morgan fingerprint density at radius 1 is 1.50 bits per heavy atom. The largest absolute Gasteiger partial charge is 0.389 e. The van der Waals surface area contributed by atoms with E-state index in [-0.39, 0.29) is 0 Å². The minimum Gasteiger partial charge on any atom is -0.389 e. The number of likely N-dealkylation sites (N-methyl/N-ethyl adjacent to an activating group) is 1. The van der Waals surface area contributed by atoms with E-state index in [1.165, 1.54) is 0 Å². The van der Waals surface area contributed by atoms with Crippen LogP contribution in [0.4, 0.5) is 5.69 Å². The number of nitrogens with one attached hydrogen (secondary N) is 1. The van der Waals surface area contributed by atoms with Crippen LogP contribution in [-0.4, -0.2) is 36.1 Å². The Morgan fingerprint density at radius 2 is 2.17 bits per heavy atom. The van der Waals surface area contributed by atoms with Crippen LogP contribution in [0.25, 0.3) is 0 Å². The lowest BCUT2D eigenvalue weighted by atomic mass is 10.2. The summed E-state index contributed by atoms with van der Waals surface area (Å²) in [6.07, 6.45) is 0. The quantitative estimate of drug-likeness (QED) is 0.787. The van der Waals surface area contributed by atoms with Crippen molar-refractivity contribution in [1.29, 1.82) is 0 Å². The topological polar surface area (TPSA) is 41.3 Å². The molecule has 1 aromatic carbocycles. The first-order valence-electron chi connectivity index (χ1n) is 5.95. The first-order valence-corrected chi connectivity index (χ1v) is 7.15. The highest BCUT2D eigenvalue weighted by Crippen LogP contribution is 2.21. The fourth-order valence-electron chi connectivity index (χ4n) is 1.46. The van der Waals surface area contributed by atoms with Crippen molar-refractivity contribution in [3.05, 3.63) is 28.2 Å². The van der Waals surface area contributed by atoms with Gasteiger partial charge in [0.05, 0.1) is 0 Å². The highest BCUT2D eigenvalue weighted by atomic mass is 79.9. The van der Waals surface area contributed by atoms with Crippen LogP contribution >= 0.6 is 28.1 Å². The van der Waals surface area contributed by atoms with Gasteiger partial charge < -0.3 is 16.0 Å². The molecular formula is C13H20BrN3S. The summed E-state index contributed by atoms with van der Waals surface area (Å²) >= 11 is 8.44. The van der Waals surface area contributed by atoms with Crippen molar-refractivity contribution in [2.45, 2.75) is 19.9 Å². The van der Waals surface area contributed by atoms with Crippen molar-refractivity contribution in [1.82, 2.24) is 4.90 Å². The van der Waals surface area contributed by atoms with Crippen LogP contribution in [0, 0.1) is 0 Å². The van der Waals surface area contributed by atoms with Gasteiger partial charge in [0, 0.05) is 34.9 Å². The van der Waals surface area contributed by atoms with Gasteiger partial charge in [-0.15, -0.1) is 0 Å². The van der Waals surface area contributed by atoms with Crippen molar-refractivity contribution in [2.75, 3.05) is 25.5 Å². The van der Waals surface area contributed by atoms with E-state index in [4.69, 9.17) is 18.0 Å².